The molecule has 1 unspecified atom stereocenters. The van der Waals surface area contributed by atoms with Crippen molar-refractivity contribution >= 4 is 15.9 Å². The van der Waals surface area contributed by atoms with Gasteiger partial charge in [-0.05, 0) is 37.2 Å². The van der Waals surface area contributed by atoms with E-state index in [1.54, 1.807) is 6.20 Å². The molecule has 0 amide bonds. The van der Waals surface area contributed by atoms with Crippen LogP contribution >= 0.6 is 15.9 Å². The number of halogens is 2. The van der Waals surface area contributed by atoms with Crippen molar-refractivity contribution in [2.45, 2.75) is 13.0 Å². The second-order valence-corrected chi connectivity index (χ2v) is 5.04. The highest BCUT2D eigenvalue weighted by Crippen LogP contribution is 2.29. The summed E-state index contributed by atoms with van der Waals surface area (Å²) < 4.78 is 14.3. The van der Waals surface area contributed by atoms with E-state index in [0.717, 1.165) is 21.2 Å². The fraction of sp³-hybridized carbons (Fsp3) is 0.214. The SMILES string of the molecule is CNC(c1cncc(F)c1)c1cc(C)ccc1Br. The highest BCUT2D eigenvalue weighted by atomic mass is 79.9. The zero-order valence-electron chi connectivity index (χ0n) is 10.2. The van der Waals surface area contributed by atoms with Crippen LogP contribution in [0.3, 0.4) is 0 Å². The highest BCUT2D eigenvalue weighted by Gasteiger charge is 2.16. The number of nitrogens with one attached hydrogen (secondary N) is 1. The zero-order valence-corrected chi connectivity index (χ0v) is 11.8. The van der Waals surface area contributed by atoms with Crippen molar-refractivity contribution in [3.05, 3.63) is 63.6 Å². The van der Waals surface area contributed by atoms with Crippen molar-refractivity contribution in [1.29, 1.82) is 0 Å². The third-order valence-electron chi connectivity index (χ3n) is 2.81. The normalized spacial score (nSPS) is 12.4. The maximum atomic E-state index is 13.3. The molecule has 18 heavy (non-hydrogen) atoms. The first-order valence-corrected chi connectivity index (χ1v) is 6.45. The van der Waals surface area contributed by atoms with Gasteiger partial charge in [0.2, 0.25) is 0 Å². The third-order valence-corrected chi connectivity index (χ3v) is 3.53. The van der Waals surface area contributed by atoms with E-state index >= 15 is 0 Å². The van der Waals surface area contributed by atoms with Crippen molar-refractivity contribution in [2.75, 3.05) is 7.05 Å². The van der Waals surface area contributed by atoms with Gasteiger partial charge in [0.25, 0.3) is 0 Å². The van der Waals surface area contributed by atoms with Crippen LogP contribution in [0.4, 0.5) is 4.39 Å². The number of pyridine rings is 1. The second-order valence-electron chi connectivity index (χ2n) is 4.18. The number of aromatic nitrogens is 1. The van der Waals surface area contributed by atoms with Crippen molar-refractivity contribution in [3.8, 4) is 0 Å². The fourth-order valence-electron chi connectivity index (χ4n) is 1.97. The fourth-order valence-corrected chi connectivity index (χ4v) is 2.45. The summed E-state index contributed by atoms with van der Waals surface area (Å²) in [5.74, 6) is -0.323. The summed E-state index contributed by atoms with van der Waals surface area (Å²) in [4.78, 5) is 3.90. The van der Waals surface area contributed by atoms with Gasteiger partial charge in [0.15, 0.2) is 0 Å². The number of hydrogen-bond donors (Lipinski definition) is 1. The van der Waals surface area contributed by atoms with Gasteiger partial charge in [-0.1, -0.05) is 33.6 Å². The van der Waals surface area contributed by atoms with Crippen molar-refractivity contribution < 1.29 is 4.39 Å². The van der Waals surface area contributed by atoms with E-state index in [4.69, 9.17) is 0 Å². The Labute approximate surface area is 114 Å². The molecule has 0 bridgehead atoms. The predicted octanol–water partition coefficient (Wildman–Crippen LogP) is 3.60. The Bertz CT molecular complexity index is 557. The predicted molar refractivity (Wildman–Crippen MR) is 74.0 cm³/mol. The molecule has 4 heteroatoms. The van der Waals surface area contributed by atoms with Gasteiger partial charge in [0.05, 0.1) is 12.2 Å². The average molecular weight is 309 g/mol. The van der Waals surface area contributed by atoms with Gasteiger partial charge in [0, 0.05) is 10.7 Å². The first-order chi connectivity index (χ1) is 8.61. The number of benzene rings is 1. The Balaban J connectivity index is 2.48. The van der Waals surface area contributed by atoms with Gasteiger partial charge in [0.1, 0.15) is 5.82 Å². The second kappa shape index (κ2) is 5.59. The van der Waals surface area contributed by atoms with E-state index in [0.29, 0.717) is 0 Å². The van der Waals surface area contributed by atoms with E-state index in [9.17, 15) is 4.39 Å². The Morgan fingerprint density at radius 1 is 1.28 bits per heavy atom. The molecular weight excluding hydrogens is 295 g/mol. The van der Waals surface area contributed by atoms with Gasteiger partial charge in [-0.15, -0.1) is 0 Å². The smallest absolute Gasteiger partial charge is 0.141 e. The average Bonchev–Trinajstić information content (AvgIpc) is 2.35. The summed E-state index contributed by atoms with van der Waals surface area (Å²) in [5.41, 5.74) is 3.05. The minimum absolute atomic E-state index is 0.0810. The zero-order chi connectivity index (χ0) is 13.1. The van der Waals surface area contributed by atoms with Crippen molar-refractivity contribution in [1.82, 2.24) is 10.3 Å². The van der Waals surface area contributed by atoms with Crippen LogP contribution in [0.25, 0.3) is 0 Å². The topological polar surface area (TPSA) is 24.9 Å². The molecule has 1 atom stereocenters. The molecule has 0 aliphatic carbocycles. The summed E-state index contributed by atoms with van der Waals surface area (Å²) >= 11 is 3.53. The number of nitrogens with zero attached hydrogens (tertiary/aromatic N) is 1. The number of aryl methyl sites for hydroxylation is 1. The molecule has 0 saturated heterocycles. The minimum atomic E-state index is -0.323. The van der Waals surface area contributed by atoms with E-state index in [1.807, 2.05) is 26.1 Å². The molecule has 1 N–H and O–H groups in total. The van der Waals surface area contributed by atoms with Crippen LogP contribution in [0.5, 0.6) is 0 Å². The van der Waals surface area contributed by atoms with Crippen molar-refractivity contribution in [3.63, 3.8) is 0 Å². The molecule has 2 nitrogen and oxygen atoms in total. The van der Waals surface area contributed by atoms with E-state index in [2.05, 4.69) is 32.3 Å². The van der Waals surface area contributed by atoms with E-state index < -0.39 is 0 Å². The monoisotopic (exact) mass is 308 g/mol. The first kappa shape index (κ1) is 13.2. The Hall–Kier alpha value is -1.26. The minimum Gasteiger partial charge on any atom is -0.309 e. The molecule has 2 aromatic rings. The lowest BCUT2D eigenvalue weighted by atomic mass is 9.99. The van der Waals surface area contributed by atoms with Crippen LogP contribution in [0.1, 0.15) is 22.7 Å². The summed E-state index contributed by atoms with van der Waals surface area (Å²) in [5, 5.41) is 3.19. The van der Waals surface area contributed by atoms with Gasteiger partial charge in [-0.25, -0.2) is 4.39 Å². The standard InChI is InChI=1S/C14H14BrFN2/c1-9-3-4-13(15)12(5-9)14(17-2)10-6-11(16)8-18-7-10/h3-8,14,17H,1-2H3. The molecule has 0 aliphatic rings. The molecule has 0 radical (unpaired) electrons. The lowest BCUT2D eigenvalue weighted by Crippen LogP contribution is -2.18. The van der Waals surface area contributed by atoms with Crippen LogP contribution < -0.4 is 5.32 Å². The molecule has 2 rings (SSSR count). The number of hydrogen-bond acceptors (Lipinski definition) is 2. The van der Waals surface area contributed by atoms with Gasteiger partial charge in [-0.2, -0.15) is 0 Å². The molecule has 0 aliphatic heterocycles. The largest absolute Gasteiger partial charge is 0.309 e. The quantitative estimate of drug-likeness (QED) is 0.937. The molecule has 1 aromatic carbocycles. The molecule has 1 aromatic heterocycles. The van der Waals surface area contributed by atoms with Crippen LogP contribution in [0, 0.1) is 12.7 Å². The third kappa shape index (κ3) is 2.76. The van der Waals surface area contributed by atoms with E-state index in [1.165, 1.54) is 12.3 Å². The number of rotatable bonds is 3. The van der Waals surface area contributed by atoms with Crippen LogP contribution in [-0.2, 0) is 0 Å². The summed E-state index contributed by atoms with van der Waals surface area (Å²) in [7, 11) is 1.85. The Morgan fingerprint density at radius 2 is 2.06 bits per heavy atom. The maximum absolute atomic E-state index is 13.3. The molecule has 1 heterocycles. The Morgan fingerprint density at radius 3 is 2.72 bits per heavy atom. The van der Waals surface area contributed by atoms with Crippen LogP contribution in [-0.4, -0.2) is 12.0 Å². The summed E-state index contributed by atoms with van der Waals surface area (Å²) in [6, 6.07) is 7.53. The van der Waals surface area contributed by atoms with Crippen LogP contribution in [0.2, 0.25) is 0 Å². The lowest BCUT2D eigenvalue weighted by molar-refractivity contribution is 0.608. The molecular formula is C14H14BrFN2. The maximum Gasteiger partial charge on any atom is 0.141 e. The highest BCUT2D eigenvalue weighted by molar-refractivity contribution is 9.10. The molecule has 94 valence electrons. The van der Waals surface area contributed by atoms with Gasteiger partial charge < -0.3 is 5.32 Å². The van der Waals surface area contributed by atoms with Crippen LogP contribution in [0.15, 0.2) is 41.1 Å². The molecule has 0 saturated carbocycles. The van der Waals surface area contributed by atoms with Gasteiger partial charge in [-0.3, -0.25) is 4.98 Å². The molecule has 0 fully saturated rings. The van der Waals surface area contributed by atoms with Gasteiger partial charge >= 0.3 is 0 Å². The van der Waals surface area contributed by atoms with Crippen molar-refractivity contribution in [2.24, 2.45) is 0 Å². The van der Waals surface area contributed by atoms with E-state index in [-0.39, 0.29) is 11.9 Å². The lowest BCUT2D eigenvalue weighted by Gasteiger charge is -2.19. The summed E-state index contributed by atoms with van der Waals surface area (Å²) in [6.07, 6.45) is 2.89. The Kier molecular flexibility index (Phi) is 4.09. The first-order valence-electron chi connectivity index (χ1n) is 5.65. The summed E-state index contributed by atoms with van der Waals surface area (Å²) in [6.45, 7) is 2.03. The molecule has 0 spiro atoms.